The highest BCUT2D eigenvalue weighted by molar-refractivity contribution is 6.85. The zero-order valence-corrected chi connectivity index (χ0v) is 14.7. The Bertz CT molecular complexity index is 342. The van der Waals surface area contributed by atoms with Crippen LogP contribution in [-0.4, -0.2) is 88.5 Å². The first-order valence-corrected chi connectivity index (χ1v) is 7.96. The van der Waals surface area contributed by atoms with Crippen LogP contribution in [0.1, 0.15) is 27.7 Å². The largest absolute Gasteiger partial charge is 0.442 e. The van der Waals surface area contributed by atoms with Crippen molar-refractivity contribution in [3.63, 3.8) is 0 Å². The second-order valence-corrected chi connectivity index (χ2v) is 7.07. The van der Waals surface area contributed by atoms with Gasteiger partial charge in [-0.2, -0.15) is 0 Å². The third-order valence-electron chi connectivity index (χ3n) is 3.72. The molecule has 0 saturated carbocycles. The molecular weight excluding hydrogens is 285 g/mol. The van der Waals surface area contributed by atoms with E-state index < -0.39 is 23.9 Å². The monoisotopic (exact) mass is 314 g/mol. The highest BCUT2D eigenvalue weighted by atomic mass is 16.6. The van der Waals surface area contributed by atoms with Gasteiger partial charge in [0, 0.05) is 0 Å². The summed E-state index contributed by atoms with van der Waals surface area (Å²) >= 11 is 0. The van der Waals surface area contributed by atoms with Gasteiger partial charge in [-0.05, 0) is 27.7 Å². The minimum Gasteiger partial charge on any atom is -0.442 e. The number of hydrogen-bond acceptors (Lipinski definition) is 6. The van der Waals surface area contributed by atoms with Crippen molar-refractivity contribution < 1.29 is 29.1 Å². The summed E-state index contributed by atoms with van der Waals surface area (Å²) in [6.45, 7) is 8.40. The van der Waals surface area contributed by atoms with Crippen LogP contribution in [0.4, 0.5) is 0 Å². The third kappa shape index (κ3) is 5.87. The second kappa shape index (κ2) is 8.17. The average Bonchev–Trinajstić information content (AvgIpc) is 2.69. The summed E-state index contributed by atoms with van der Waals surface area (Å²) in [7, 11) is 4.42. The summed E-state index contributed by atoms with van der Waals surface area (Å²) in [6.07, 6.45) is -1.86. The van der Waals surface area contributed by atoms with Crippen LogP contribution in [0.2, 0.25) is 0 Å². The second-order valence-electron chi connectivity index (χ2n) is 7.07. The van der Waals surface area contributed by atoms with E-state index in [1.54, 1.807) is 0 Å². The summed E-state index contributed by atoms with van der Waals surface area (Å²) in [5.41, 5.74) is -0.859. The lowest BCUT2D eigenvalue weighted by atomic mass is 9.71. The summed E-state index contributed by atoms with van der Waals surface area (Å²) in [4.78, 5) is 0. The Labute approximate surface area is 135 Å². The molecule has 22 heavy (non-hydrogen) atoms. The van der Waals surface area contributed by atoms with Crippen molar-refractivity contribution in [3.8, 4) is 0 Å². The number of ether oxygens (including phenoxy) is 3. The molecule has 2 N–H and O–H groups in total. The van der Waals surface area contributed by atoms with Crippen LogP contribution in [0.15, 0.2) is 0 Å². The van der Waals surface area contributed by atoms with Crippen molar-refractivity contribution in [2.45, 2.75) is 63.2 Å². The molecule has 1 aliphatic rings. The minimum absolute atomic E-state index is 0.214. The molecule has 0 radical (unpaired) electrons. The minimum atomic E-state index is -0.823. The zero-order valence-electron chi connectivity index (χ0n) is 14.7. The molecule has 1 rings (SSSR count). The fraction of sp³-hybridized carbons (Fsp3) is 1.00. The van der Waals surface area contributed by atoms with Gasteiger partial charge in [0.25, 0.3) is 0 Å². The fourth-order valence-electron chi connectivity index (χ4n) is 2.45. The molecule has 1 heterocycles. The van der Waals surface area contributed by atoms with Crippen molar-refractivity contribution >= 4 is 23.0 Å². The van der Waals surface area contributed by atoms with Gasteiger partial charge < -0.3 is 29.1 Å². The lowest BCUT2D eigenvalue weighted by Gasteiger charge is -2.33. The van der Waals surface area contributed by atoms with Crippen LogP contribution in [-0.2, 0) is 18.9 Å². The number of aliphatic hydroxyl groups excluding tert-OH is 2. The molecule has 0 aromatic carbocycles. The van der Waals surface area contributed by atoms with Crippen LogP contribution >= 0.6 is 0 Å². The standard InChI is InChI=1S/C13H29B3O6/c1-12(2,20-7-13(3,4)22-16-15)6-19-10-9(18)8(5-17)21-11(10)14/h8-11,16-18H,5-7,14-15H2,1-4H3. The molecule has 0 amide bonds. The molecule has 9 heteroatoms. The highest BCUT2D eigenvalue weighted by Gasteiger charge is 2.42. The van der Waals surface area contributed by atoms with Crippen LogP contribution in [0.3, 0.4) is 0 Å². The molecule has 4 unspecified atom stereocenters. The van der Waals surface area contributed by atoms with Gasteiger partial charge in [-0.25, -0.2) is 0 Å². The zero-order chi connectivity index (χ0) is 17.0. The molecule has 0 spiro atoms. The number of hydrogen-bond donors (Lipinski definition) is 2. The van der Waals surface area contributed by atoms with Crippen LogP contribution in [0.25, 0.3) is 0 Å². The molecule has 0 aliphatic carbocycles. The topological polar surface area (TPSA) is 77.4 Å². The Hall–Kier alpha value is -0.0452. The molecule has 1 aliphatic heterocycles. The molecule has 1 fully saturated rings. The van der Waals surface area contributed by atoms with E-state index in [4.69, 9.17) is 24.0 Å². The Morgan fingerprint density at radius 1 is 1.18 bits per heavy atom. The van der Waals surface area contributed by atoms with Gasteiger partial charge in [0.15, 0.2) is 0 Å². The van der Waals surface area contributed by atoms with Gasteiger partial charge in [-0.1, -0.05) is 0 Å². The quantitative estimate of drug-likeness (QED) is 0.461. The van der Waals surface area contributed by atoms with Gasteiger partial charge in [-0.3, -0.25) is 0 Å². The van der Waals surface area contributed by atoms with Crippen molar-refractivity contribution in [2.24, 2.45) is 0 Å². The van der Waals surface area contributed by atoms with Crippen molar-refractivity contribution in [2.75, 3.05) is 19.8 Å². The van der Waals surface area contributed by atoms with Gasteiger partial charge >= 0.3 is 0 Å². The SMILES string of the molecule is BBOC(C)(C)COC(C)(C)COC1C(B)OC(CO)C1O. The predicted octanol–water partition coefficient (Wildman–Crippen LogP) is -2.43. The van der Waals surface area contributed by atoms with Crippen LogP contribution < -0.4 is 0 Å². The Kier molecular flexibility index (Phi) is 7.43. The van der Waals surface area contributed by atoms with E-state index in [9.17, 15) is 5.11 Å². The average molecular weight is 314 g/mol. The molecular formula is C13H29B3O6. The first-order chi connectivity index (χ1) is 10.1. The molecule has 0 bridgehead atoms. The Morgan fingerprint density at radius 2 is 1.82 bits per heavy atom. The van der Waals surface area contributed by atoms with E-state index in [2.05, 4.69) is 0 Å². The van der Waals surface area contributed by atoms with Crippen molar-refractivity contribution in [3.05, 3.63) is 0 Å². The normalized spacial score (nSPS) is 29.7. The Balaban J connectivity index is 2.45. The van der Waals surface area contributed by atoms with E-state index >= 15 is 0 Å². The van der Waals surface area contributed by atoms with Gasteiger partial charge in [0.1, 0.15) is 33.9 Å². The van der Waals surface area contributed by atoms with Crippen molar-refractivity contribution in [1.29, 1.82) is 0 Å². The predicted molar refractivity (Wildman–Crippen MR) is 90.9 cm³/mol. The van der Waals surface area contributed by atoms with E-state index in [1.165, 1.54) is 0 Å². The van der Waals surface area contributed by atoms with Gasteiger partial charge in [-0.15, -0.1) is 0 Å². The smallest absolute Gasteiger partial charge is 0.231 e. The van der Waals surface area contributed by atoms with Gasteiger partial charge in [0.2, 0.25) is 7.37 Å². The van der Waals surface area contributed by atoms with Gasteiger partial charge in [0.05, 0.1) is 37.0 Å². The number of aliphatic hydroxyl groups is 2. The van der Waals surface area contributed by atoms with E-state index in [1.807, 2.05) is 43.3 Å². The summed E-state index contributed by atoms with van der Waals surface area (Å²) in [6, 6.07) is -0.261. The molecule has 4 atom stereocenters. The number of rotatable bonds is 9. The molecule has 1 saturated heterocycles. The molecule has 6 nitrogen and oxygen atoms in total. The lowest BCUT2D eigenvalue weighted by molar-refractivity contribution is -0.135. The molecule has 0 aromatic heterocycles. The van der Waals surface area contributed by atoms with Crippen molar-refractivity contribution in [1.82, 2.24) is 0 Å². The van der Waals surface area contributed by atoms with Crippen LogP contribution in [0.5, 0.6) is 0 Å². The molecule has 126 valence electrons. The van der Waals surface area contributed by atoms with E-state index in [0.717, 1.165) is 0 Å². The summed E-state index contributed by atoms with van der Waals surface area (Å²) < 4.78 is 22.8. The highest BCUT2D eigenvalue weighted by Crippen LogP contribution is 2.24. The third-order valence-corrected chi connectivity index (χ3v) is 3.72. The molecule has 0 aromatic rings. The van der Waals surface area contributed by atoms with Crippen LogP contribution in [0, 0.1) is 0 Å². The maximum atomic E-state index is 10.1. The summed E-state index contributed by atoms with van der Waals surface area (Å²) in [5.74, 6) is 0. The first kappa shape index (κ1) is 20.0. The fourth-order valence-corrected chi connectivity index (χ4v) is 2.45. The summed E-state index contributed by atoms with van der Waals surface area (Å²) in [5, 5.41) is 19.2. The maximum Gasteiger partial charge on any atom is 0.231 e. The first-order valence-electron chi connectivity index (χ1n) is 7.96. The van der Waals surface area contributed by atoms with E-state index in [0.29, 0.717) is 20.6 Å². The Morgan fingerprint density at radius 3 is 2.32 bits per heavy atom. The maximum absolute atomic E-state index is 10.1. The lowest BCUT2D eigenvalue weighted by Crippen LogP contribution is -2.43. The van der Waals surface area contributed by atoms with E-state index in [-0.39, 0.29) is 18.2 Å².